The van der Waals surface area contributed by atoms with Crippen molar-refractivity contribution in [3.05, 3.63) is 45.5 Å². The number of piperazine rings is 1. The third-order valence-corrected chi connectivity index (χ3v) is 5.27. The van der Waals surface area contributed by atoms with Gasteiger partial charge in [-0.25, -0.2) is 4.98 Å². The first-order chi connectivity index (χ1) is 13.6. The molecule has 1 aromatic heterocycles. The molecule has 0 saturated carbocycles. The molecular weight excluding hydrogens is 477 g/mol. The monoisotopic (exact) mass is 492 g/mol. The highest BCUT2D eigenvalue weighted by molar-refractivity contribution is 9.10. The number of alkyl halides is 3. The molecule has 0 radical (unpaired) electrons. The standard InChI is InChI=1S/C18H17BrClF3N4O2/c1-26-4-6-27(7-5-26)16-3-2-11(10-24-16)17(28)25-14-9-15(29-18(21,22)23)12(19)8-13(14)20/h2-3,8-10H,4-7H2,1H3,(H,25,28). The number of pyridine rings is 1. The van der Waals surface area contributed by atoms with E-state index in [9.17, 15) is 18.0 Å². The maximum atomic E-state index is 12.5. The predicted molar refractivity (Wildman–Crippen MR) is 108 cm³/mol. The van der Waals surface area contributed by atoms with Gasteiger partial charge in [-0.05, 0) is 41.2 Å². The van der Waals surface area contributed by atoms with E-state index in [0.717, 1.165) is 38.1 Å². The molecule has 3 rings (SSSR count). The van der Waals surface area contributed by atoms with Gasteiger partial charge in [0.15, 0.2) is 0 Å². The van der Waals surface area contributed by atoms with Crippen LogP contribution in [0.3, 0.4) is 0 Å². The lowest BCUT2D eigenvalue weighted by Gasteiger charge is -2.33. The second-order valence-electron chi connectivity index (χ2n) is 6.46. The number of hydrogen-bond donors (Lipinski definition) is 1. The van der Waals surface area contributed by atoms with Crippen LogP contribution in [-0.2, 0) is 0 Å². The summed E-state index contributed by atoms with van der Waals surface area (Å²) in [5, 5.41) is 2.54. The van der Waals surface area contributed by atoms with Gasteiger partial charge in [0.1, 0.15) is 11.6 Å². The lowest BCUT2D eigenvalue weighted by molar-refractivity contribution is -0.274. The Bertz CT molecular complexity index is 888. The van der Waals surface area contributed by atoms with E-state index < -0.39 is 18.0 Å². The molecule has 11 heteroatoms. The third-order valence-electron chi connectivity index (χ3n) is 4.33. The fraction of sp³-hybridized carbons (Fsp3) is 0.333. The van der Waals surface area contributed by atoms with Crippen LogP contribution in [0, 0.1) is 0 Å². The van der Waals surface area contributed by atoms with Gasteiger partial charge in [0.05, 0.1) is 20.7 Å². The summed E-state index contributed by atoms with van der Waals surface area (Å²) in [6, 6.07) is 5.56. The Labute approximate surface area is 178 Å². The van der Waals surface area contributed by atoms with Crippen LogP contribution in [0.15, 0.2) is 34.9 Å². The molecule has 1 aliphatic rings. The number of hydrogen-bond acceptors (Lipinski definition) is 5. The van der Waals surface area contributed by atoms with Crippen LogP contribution >= 0.6 is 27.5 Å². The van der Waals surface area contributed by atoms with Crippen LogP contribution in [-0.4, -0.2) is 55.4 Å². The zero-order valence-corrected chi connectivity index (χ0v) is 17.6. The summed E-state index contributed by atoms with van der Waals surface area (Å²) in [6.07, 6.45) is -3.45. The number of carbonyl (C=O) groups is 1. The highest BCUT2D eigenvalue weighted by Crippen LogP contribution is 2.37. The molecule has 29 heavy (non-hydrogen) atoms. The molecule has 2 aromatic rings. The van der Waals surface area contributed by atoms with Crippen LogP contribution in [0.5, 0.6) is 5.75 Å². The Kier molecular flexibility index (Phi) is 6.55. The number of carbonyl (C=O) groups excluding carboxylic acids is 1. The van der Waals surface area contributed by atoms with E-state index in [-0.39, 0.29) is 20.7 Å². The minimum Gasteiger partial charge on any atom is -0.405 e. The van der Waals surface area contributed by atoms with Crippen molar-refractivity contribution in [2.45, 2.75) is 6.36 Å². The molecule has 2 heterocycles. The van der Waals surface area contributed by atoms with Gasteiger partial charge < -0.3 is 19.9 Å². The average molecular weight is 494 g/mol. The zero-order chi connectivity index (χ0) is 21.2. The quantitative estimate of drug-likeness (QED) is 0.684. The van der Waals surface area contributed by atoms with Crippen molar-refractivity contribution in [1.29, 1.82) is 0 Å². The molecule has 1 fully saturated rings. The van der Waals surface area contributed by atoms with Gasteiger partial charge in [-0.2, -0.15) is 0 Å². The maximum Gasteiger partial charge on any atom is 0.573 e. The summed E-state index contributed by atoms with van der Waals surface area (Å²) >= 11 is 8.99. The highest BCUT2D eigenvalue weighted by atomic mass is 79.9. The number of likely N-dealkylation sites (N-methyl/N-ethyl adjacent to an activating group) is 1. The second kappa shape index (κ2) is 8.76. The van der Waals surface area contributed by atoms with Crippen molar-refractivity contribution in [3.63, 3.8) is 0 Å². The SMILES string of the molecule is CN1CCN(c2ccc(C(=O)Nc3cc(OC(F)(F)F)c(Br)cc3Cl)cn2)CC1. The number of nitrogens with zero attached hydrogens (tertiary/aromatic N) is 3. The number of amides is 1. The van der Waals surface area contributed by atoms with E-state index in [2.05, 4.69) is 47.8 Å². The molecule has 0 atom stereocenters. The van der Waals surface area contributed by atoms with E-state index in [1.165, 1.54) is 12.3 Å². The largest absolute Gasteiger partial charge is 0.573 e. The maximum absolute atomic E-state index is 12.5. The van der Waals surface area contributed by atoms with E-state index in [0.29, 0.717) is 0 Å². The van der Waals surface area contributed by atoms with Gasteiger partial charge in [-0.3, -0.25) is 4.79 Å². The van der Waals surface area contributed by atoms with Crippen LogP contribution in [0.2, 0.25) is 5.02 Å². The average Bonchev–Trinajstić information content (AvgIpc) is 2.65. The van der Waals surface area contributed by atoms with Gasteiger partial charge in [-0.1, -0.05) is 11.6 Å². The molecule has 0 bridgehead atoms. The van der Waals surface area contributed by atoms with Gasteiger partial charge in [0.2, 0.25) is 0 Å². The number of aromatic nitrogens is 1. The zero-order valence-electron chi connectivity index (χ0n) is 15.3. The molecule has 0 spiro atoms. The molecule has 6 nitrogen and oxygen atoms in total. The number of nitrogens with one attached hydrogen (secondary N) is 1. The first-order valence-corrected chi connectivity index (χ1v) is 9.75. The van der Waals surface area contributed by atoms with E-state index in [1.54, 1.807) is 12.1 Å². The molecule has 1 amide bonds. The van der Waals surface area contributed by atoms with Crippen LogP contribution in [0.1, 0.15) is 10.4 Å². The Hall–Kier alpha value is -2.04. The summed E-state index contributed by atoms with van der Waals surface area (Å²) in [4.78, 5) is 21.1. The topological polar surface area (TPSA) is 57.7 Å². The van der Waals surface area contributed by atoms with Gasteiger partial charge in [-0.15, -0.1) is 13.2 Å². The fourth-order valence-electron chi connectivity index (χ4n) is 2.77. The number of ether oxygens (including phenoxy) is 1. The van der Waals surface area contributed by atoms with Crippen molar-refractivity contribution in [3.8, 4) is 5.75 Å². The minimum atomic E-state index is -4.87. The number of rotatable bonds is 4. The first kappa shape index (κ1) is 21.7. The van der Waals surface area contributed by atoms with Crippen molar-refractivity contribution in [2.24, 2.45) is 0 Å². The normalized spacial score (nSPS) is 15.3. The number of benzene rings is 1. The summed E-state index contributed by atoms with van der Waals surface area (Å²) in [6.45, 7) is 3.53. The summed E-state index contributed by atoms with van der Waals surface area (Å²) in [5.74, 6) is -0.303. The van der Waals surface area contributed by atoms with E-state index >= 15 is 0 Å². The molecule has 1 N–H and O–H groups in total. The van der Waals surface area contributed by atoms with Crippen LogP contribution < -0.4 is 15.0 Å². The number of anilines is 2. The molecule has 0 unspecified atom stereocenters. The lowest BCUT2D eigenvalue weighted by atomic mass is 10.2. The Morgan fingerprint density at radius 2 is 1.93 bits per heavy atom. The molecular formula is C18H17BrClF3N4O2. The van der Waals surface area contributed by atoms with E-state index in [1.807, 2.05) is 0 Å². The second-order valence-corrected chi connectivity index (χ2v) is 7.72. The van der Waals surface area contributed by atoms with Gasteiger partial charge in [0, 0.05) is 38.4 Å². The molecule has 156 valence electrons. The van der Waals surface area contributed by atoms with Crippen molar-refractivity contribution in [1.82, 2.24) is 9.88 Å². The lowest BCUT2D eigenvalue weighted by Crippen LogP contribution is -2.44. The molecule has 1 aromatic carbocycles. The Morgan fingerprint density at radius 1 is 1.24 bits per heavy atom. The highest BCUT2D eigenvalue weighted by Gasteiger charge is 2.32. The molecule has 1 saturated heterocycles. The Balaban J connectivity index is 1.72. The van der Waals surface area contributed by atoms with Crippen molar-refractivity contribution in [2.75, 3.05) is 43.4 Å². The van der Waals surface area contributed by atoms with Crippen molar-refractivity contribution < 1.29 is 22.7 Å². The van der Waals surface area contributed by atoms with Gasteiger partial charge in [0.25, 0.3) is 5.91 Å². The fourth-order valence-corrected chi connectivity index (χ4v) is 3.53. The number of halogens is 5. The first-order valence-electron chi connectivity index (χ1n) is 8.58. The summed E-state index contributed by atoms with van der Waals surface area (Å²) < 4.78 is 41.5. The predicted octanol–water partition coefficient (Wildman–Crippen LogP) is 4.40. The van der Waals surface area contributed by atoms with Gasteiger partial charge >= 0.3 is 6.36 Å². The third kappa shape index (κ3) is 5.74. The summed E-state index contributed by atoms with van der Waals surface area (Å²) in [5.41, 5.74) is 0.238. The molecule has 0 aliphatic carbocycles. The summed E-state index contributed by atoms with van der Waals surface area (Å²) in [7, 11) is 2.05. The Morgan fingerprint density at radius 3 is 2.52 bits per heavy atom. The smallest absolute Gasteiger partial charge is 0.405 e. The molecule has 1 aliphatic heterocycles. The van der Waals surface area contributed by atoms with Crippen molar-refractivity contribution >= 4 is 44.9 Å². The van der Waals surface area contributed by atoms with Crippen LogP contribution in [0.25, 0.3) is 0 Å². The van der Waals surface area contributed by atoms with E-state index in [4.69, 9.17) is 11.6 Å². The van der Waals surface area contributed by atoms with Crippen LogP contribution in [0.4, 0.5) is 24.7 Å². The minimum absolute atomic E-state index is 0.0102.